The second-order valence-corrected chi connectivity index (χ2v) is 9.48. The molecule has 166 valence electrons. The molecule has 1 fully saturated rings. The molecule has 3 N–H and O–H groups in total. The SMILES string of the molecule is Cc1ccc(NS(=O)(=O)c2ccc(OCC(=O)N3CCC(C(N)=O)CC3)cc2)cc1Cl. The molecule has 0 spiro atoms. The Kier molecular flexibility index (Phi) is 7.07. The molecule has 0 unspecified atom stereocenters. The maximum Gasteiger partial charge on any atom is 0.261 e. The molecule has 1 heterocycles. The van der Waals surface area contributed by atoms with Gasteiger partial charge in [-0.05, 0) is 61.7 Å². The lowest BCUT2D eigenvalue weighted by atomic mass is 9.96. The van der Waals surface area contributed by atoms with Crippen LogP contribution in [0.3, 0.4) is 0 Å². The fourth-order valence-corrected chi connectivity index (χ4v) is 4.47. The summed E-state index contributed by atoms with van der Waals surface area (Å²) in [4.78, 5) is 25.2. The maximum absolute atomic E-state index is 12.6. The number of aryl methyl sites for hydroxylation is 1. The van der Waals surface area contributed by atoms with Gasteiger partial charge in [-0.3, -0.25) is 14.3 Å². The van der Waals surface area contributed by atoms with Crippen molar-refractivity contribution in [3.63, 3.8) is 0 Å². The summed E-state index contributed by atoms with van der Waals surface area (Å²) in [7, 11) is -3.80. The fraction of sp³-hybridized carbons (Fsp3) is 0.333. The van der Waals surface area contributed by atoms with E-state index in [1.54, 1.807) is 23.1 Å². The van der Waals surface area contributed by atoms with Crippen LogP contribution in [0.1, 0.15) is 18.4 Å². The molecule has 2 amide bonds. The van der Waals surface area contributed by atoms with E-state index in [4.69, 9.17) is 22.1 Å². The van der Waals surface area contributed by atoms with E-state index in [1.165, 1.54) is 24.3 Å². The largest absolute Gasteiger partial charge is 0.484 e. The zero-order chi connectivity index (χ0) is 22.6. The van der Waals surface area contributed by atoms with E-state index in [9.17, 15) is 18.0 Å². The minimum absolute atomic E-state index is 0.0522. The summed E-state index contributed by atoms with van der Waals surface area (Å²) >= 11 is 6.04. The number of rotatable bonds is 7. The van der Waals surface area contributed by atoms with E-state index in [0.29, 0.717) is 42.4 Å². The zero-order valence-corrected chi connectivity index (χ0v) is 18.6. The topological polar surface area (TPSA) is 119 Å². The molecule has 2 aromatic carbocycles. The van der Waals surface area contributed by atoms with Gasteiger partial charge in [0, 0.05) is 24.0 Å². The van der Waals surface area contributed by atoms with Crippen LogP contribution >= 0.6 is 11.6 Å². The maximum atomic E-state index is 12.6. The van der Waals surface area contributed by atoms with Crippen molar-refractivity contribution in [1.29, 1.82) is 0 Å². The summed E-state index contributed by atoms with van der Waals surface area (Å²) < 4.78 is 33.1. The summed E-state index contributed by atoms with van der Waals surface area (Å²) in [5.41, 5.74) is 6.51. The van der Waals surface area contributed by atoms with Crippen molar-refractivity contribution in [1.82, 2.24) is 4.90 Å². The van der Waals surface area contributed by atoms with E-state index in [2.05, 4.69) is 4.72 Å². The van der Waals surface area contributed by atoms with Crippen molar-refractivity contribution in [2.75, 3.05) is 24.4 Å². The number of amides is 2. The van der Waals surface area contributed by atoms with Crippen LogP contribution in [-0.2, 0) is 19.6 Å². The van der Waals surface area contributed by atoms with Gasteiger partial charge in [0.15, 0.2) is 6.61 Å². The average molecular weight is 466 g/mol. The first-order valence-electron chi connectivity index (χ1n) is 9.74. The Labute approximate surface area is 186 Å². The van der Waals surface area contributed by atoms with Crippen LogP contribution in [0.5, 0.6) is 5.75 Å². The molecule has 0 aliphatic carbocycles. The Hall–Kier alpha value is -2.78. The van der Waals surface area contributed by atoms with Gasteiger partial charge in [-0.1, -0.05) is 17.7 Å². The van der Waals surface area contributed by atoms with Crippen molar-refractivity contribution < 1.29 is 22.7 Å². The quantitative estimate of drug-likeness (QED) is 0.651. The molecular formula is C21H24ClN3O5S. The van der Waals surface area contributed by atoms with Crippen LogP contribution in [0.25, 0.3) is 0 Å². The standard InChI is InChI=1S/C21H24ClN3O5S/c1-14-2-3-16(12-19(14)22)24-31(28,29)18-6-4-17(5-7-18)30-13-20(26)25-10-8-15(9-11-25)21(23)27/h2-7,12,15,24H,8-11,13H2,1H3,(H2,23,27). The highest BCUT2D eigenvalue weighted by atomic mass is 35.5. The molecule has 0 aromatic heterocycles. The first kappa shape index (κ1) is 22.9. The Morgan fingerprint density at radius 3 is 2.39 bits per heavy atom. The fourth-order valence-electron chi connectivity index (χ4n) is 3.24. The molecule has 1 saturated heterocycles. The van der Waals surface area contributed by atoms with E-state index in [0.717, 1.165) is 5.56 Å². The van der Waals surface area contributed by atoms with E-state index < -0.39 is 10.0 Å². The summed E-state index contributed by atoms with van der Waals surface area (Å²) in [6.07, 6.45) is 1.10. The van der Waals surface area contributed by atoms with E-state index >= 15 is 0 Å². The third kappa shape index (κ3) is 5.89. The number of ether oxygens (including phenoxy) is 1. The van der Waals surface area contributed by atoms with Gasteiger partial charge in [0.25, 0.3) is 15.9 Å². The molecule has 0 radical (unpaired) electrons. The second-order valence-electron chi connectivity index (χ2n) is 7.39. The zero-order valence-electron chi connectivity index (χ0n) is 17.0. The van der Waals surface area contributed by atoms with Crippen molar-refractivity contribution >= 4 is 39.1 Å². The summed E-state index contributed by atoms with van der Waals surface area (Å²) in [5, 5.41) is 0.465. The third-order valence-corrected chi connectivity index (χ3v) is 6.97. The molecule has 8 nitrogen and oxygen atoms in total. The summed E-state index contributed by atoms with van der Waals surface area (Å²) in [5.74, 6) is -0.349. The van der Waals surface area contributed by atoms with Gasteiger partial charge in [-0.25, -0.2) is 8.42 Å². The first-order valence-corrected chi connectivity index (χ1v) is 11.6. The molecular weight excluding hydrogens is 442 g/mol. The van der Waals surface area contributed by atoms with Gasteiger partial charge in [0.2, 0.25) is 5.91 Å². The normalized spacial score (nSPS) is 14.8. The number of nitrogens with two attached hydrogens (primary N) is 1. The number of nitrogens with one attached hydrogen (secondary N) is 1. The molecule has 0 saturated carbocycles. The molecule has 0 atom stereocenters. The summed E-state index contributed by atoms with van der Waals surface area (Å²) in [6, 6.07) is 10.7. The summed E-state index contributed by atoms with van der Waals surface area (Å²) in [6.45, 7) is 2.57. The number of primary amides is 1. The Bertz CT molecular complexity index is 1060. The number of hydrogen-bond donors (Lipinski definition) is 2. The first-order chi connectivity index (χ1) is 14.7. The Morgan fingerprint density at radius 1 is 1.16 bits per heavy atom. The van der Waals surface area contributed by atoms with Gasteiger partial charge < -0.3 is 15.4 Å². The average Bonchev–Trinajstić information content (AvgIpc) is 2.75. The predicted molar refractivity (Wildman–Crippen MR) is 117 cm³/mol. The van der Waals surface area contributed by atoms with Crippen molar-refractivity contribution in [3.05, 3.63) is 53.1 Å². The van der Waals surface area contributed by atoms with Gasteiger partial charge in [0.1, 0.15) is 5.75 Å². The predicted octanol–water partition coefficient (Wildman–Crippen LogP) is 2.55. The molecule has 31 heavy (non-hydrogen) atoms. The van der Waals surface area contributed by atoms with Crippen LogP contribution in [0.4, 0.5) is 5.69 Å². The second kappa shape index (κ2) is 9.57. The molecule has 1 aliphatic heterocycles. The Morgan fingerprint density at radius 2 is 1.81 bits per heavy atom. The third-order valence-electron chi connectivity index (χ3n) is 5.17. The van der Waals surface area contributed by atoms with Crippen molar-refractivity contribution in [3.8, 4) is 5.75 Å². The minimum Gasteiger partial charge on any atom is -0.484 e. The number of piperidine rings is 1. The number of hydrogen-bond acceptors (Lipinski definition) is 5. The van der Waals surface area contributed by atoms with E-state index in [-0.39, 0.29) is 29.2 Å². The van der Waals surface area contributed by atoms with Gasteiger partial charge in [-0.2, -0.15) is 0 Å². The smallest absolute Gasteiger partial charge is 0.261 e. The number of benzene rings is 2. The molecule has 10 heteroatoms. The van der Waals surface area contributed by atoms with Crippen LogP contribution < -0.4 is 15.2 Å². The molecule has 3 rings (SSSR count). The van der Waals surface area contributed by atoms with E-state index in [1.807, 2.05) is 6.92 Å². The molecule has 2 aromatic rings. The van der Waals surface area contributed by atoms with Crippen LogP contribution in [0, 0.1) is 12.8 Å². The highest BCUT2D eigenvalue weighted by Gasteiger charge is 2.26. The van der Waals surface area contributed by atoms with Gasteiger partial charge >= 0.3 is 0 Å². The van der Waals surface area contributed by atoms with Crippen molar-refractivity contribution in [2.45, 2.75) is 24.7 Å². The lowest BCUT2D eigenvalue weighted by Gasteiger charge is -2.30. The lowest BCUT2D eigenvalue weighted by molar-refractivity contribution is -0.136. The van der Waals surface area contributed by atoms with Crippen molar-refractivity contribution in [2.24, 2.45) is 11.7 Å². The monoisotopic (exact) mass is 465 g/mol. The minimum atomic E-state index is -3.80. The number of carbonyl (C=O) groups excluding carboxylic acids is 2. The highest BCUT2D eigenvalue weighted by Crippen LogP contribution is 2.24. The van der Waals surface area contributed by atoms with Crippen LogP contribution in [0.2, 0.25) is 5.02 Å². The number of nitrogens with zero attached hydrogens (tertiary/aromatic N) is 1. The van der Waals surface area contributed by atoms with Crippen LogP contribution in [-0.4, -0.2) is 44.8 Å². The number of halogens is 1. The Balaban J connectivity index is 1.55. The number of anilines is 1. The molecule has 1 aliphatic rings. The van der Waals surface area contributed by atoms with Gasteiger partial charge in [0.05, 0.1) is 10.6 Å². The lowest BCUT2D eigenvalue weighted by Crippen LogP contribution is -2.43. The number of sulfonamides is 1. The molecule has 0 bridgehead atoms. The highest BCUT2D eigenvalue weighted by molar-refractivity contribution is 7.92. The van der Waals surface area contributed by atoms with Crippen LogP contribution in [0.15, 0.2) is 47.4 Å². The number of likely N-dealkylation sites (tertiary alicyclic amines) is 1. The number of carbonyl (C=O) groups is 2. The van der Waals surface area contributed by atoms with Gasteiger partial charge in [-0.15, -0.1) is 0 Å².